The van der Waals surface area contributed by atoms with Crippen LogP contribution >= 0.6 is 11.3 Å². The number of hydrogen-bond donors (Lipinski definition) is 1. The summed E-state index contributed by atoms with van der Waals surface area (Å²) >= 11 is 1.67. The Kier molecular flexibility index (Phi) is 5.80. The van der Waals surface area contributed by atoms with Crippen LogP contribution < -0.4 is 0 Å². The van der Waals surface area contributed by atoms with Crippen LogP contribution in [0.3, 0.4) is 0 Å². The maximum atomic E-state index is 10.2. The first-order chi connectivity index (χ1) is 8.34. The summed E-state index contributed by atoms with van der Waals surface area (Å²) in [4.78, 5) is 4.64. The van der Waals surface area contributed by atoms with E-state index in [1.165, 1.54) is 12.8 Å². The Labute approximate surface area is 115 Å². The minimum absolute atomic E-state index is 0.105. The van der Waals surface area contributed by atoms with E-state index in [0.29, 0.717) is 12.3 Å². The monoisotopic (exact) mass is 269 g/mol. The van der Waals surface area contributed by atoms with Gasteiger partial charge in [0.15, 0.2) is 0 Å². The van der Waals surface area contributed by atoms with E-state index in [4.69, 9.17) is 0 Å². The van der Waals surface area contributed by atoms with Gasteiger partial charge >= 0.3 is 0 Å². The van der Waals surface area contributed by atoms with Crippen molar-refractivity contribution in [2.45, 2.75) is 71.8 Å². The lowest BCUT2D eigenvalue weighted by Crippen LogP contribution is -2.20. The van der Waals surface area contributed by atoms with Gasteiger partial charge in [-0.2, -0.15) is 0 Å². The van der Waals surface area contributed by atoms with Gasteiger partial charge in [-0.15, -0.1) is 11.3 Å². The second-order valence-corrected chi connectivity index (χ2v) is 7.21. The van der Waals surface area contributed by atoms with Crippen LogP contribution in [-0.2, 0) is 11.8 Å². The van der Waals surface area contributed by atoms with Crippen molar-refractivity contribution in [2.75, 3.05) is 0 Å². The third kappa shape index (κ3) is 4.69. The van der Waals surface area contributed by atoms with E-state index in [0.717, 1.165) is 17.1 Å². The number of aliphatic hydroxyl groups is 1. The predicted molar refractivity (Wildman–Crippen MR) is 79.2 cm³/mol. The molecule has 0 aliphatic heterocycles. The Balaban J connectivity index is 2.54. The highest BCUT2D eigenvalue weighted by atomic mass is 32.1. The van der Waals surface area contributed by atoms with Crippen molar-refractivity contribution in [3.05, 3.63) is 16.1 Å². The highest BCUT2D eigenvalue weighted by molar-refractivity contribution is 7.09. The molecule has 3 heteroatoms. The van der Waals surface area contributed by atoms with Crippen molar-refractivity contribution < 1.29 is 5.11 Å². The number of hydrogen-bond acceptors (Lipinski definition) is 3. The highest BCUT2D eigenvalue weighted by Crippen LogP contribution is 2.25. The molecule has 2 atom stereocenters. The Morgan fingerprint density at radius 3 is 2.56 bits per heavy atom. The first-order valence-electron chi connectivity index (χ1n) is 6.97. The average molecular weight is 269 g/mol. The fraction of sp³-hybridized carbons (Fsp3) is 0.800. The van der Waals surface area contributed by atoms with Gasteiger partial charge in [0.2, 0.25) is 0 Å². The fourth-order valence-corrected chi connectivity index (χ4v) is 2.92. The summed E-state index contributed by atoms with van der Waals surface area (Å²) in [5, 5.41) is 13.4. The Hall–Kier alpha value is -0.410. The largest absolute Gasteiger partial charge is 0.392 e. The molecule has 0 bridgehead atoms. The van der Waals surface area contributed by atoms with Gasteiger partial charge in [0.1, 0.15) is 0 Å². The molecule has 0 fully saturated rings. The van der Waals surface area contributed by atoms with Crippen molar-refractivity contribution in [1.82, 2.24) is 4.98 Å². The molecule has 1 aromatic rings. The Morgan fingerprint density at radius 1 is 1.39 bits per heavy atom. The van der Waals surface area contributed by atoms with Gasteiger partial charge in [-0.05, 0) is 12.3 Å². The normalized spacial score (nSPS) is 15.7. The molecule has 1 N–H and O–H groups in total. The molecule has 0 amide bonds. The van der Waals surface area contributed by atoms with Gasteiger partial charge in [-0.3, -0.25) is 0 Å². The number of thiazole rings is 1. The zero-order chi connectivity index (χ0) is 13.8. The van der Waals surface area contributed by atoms with Crippen LogP contribution in [-0.4, -0.2) is 16.2 Å². The number of nitrogens with zero attached hydrogens (tertiary/aromatic N) is 1. The smallest absolute Gasteiger partial charge is 0.0954 e. The quantitative estimate of drug-likeness (QED) is 0.840. The molecule has 1 heterocycles. The van der Waals surface area contributed by atoms with E-state index in [1.807, 2.05) is 0 Å². The summed E-state index contributed by atoms with van der Waals surface area (Å²) < 4.78 is 0. The standard InChI is InChI=1S/C15H27NOS/c1-6-7-8-11(2)12(17)9-14-16-13(10-18-14)15(3,4)5/h10-12,17H,6-9H2,1-5H3. The number of unbranched alkanes of at least 4 members (excludes halogenated alkanes) is 1. The molecule has 0 saturated heterocycles. The molecule has 0 spiro atoms. The SMILES string of the molecule is CCCCC(C)C(O)Cc1nc(C(C)(C)C)cs1. The van der Waals surface area contributed by atoms with Gasteiger partial charge in [-0.25, -0.2) is 4.98 Å². The third-order valence-corrected chi connectivity index (χ3v) is 4.24. The van der Waals surface area contributed by atoms with E-state index in [1.54, 1.807) is 11.3 Å². The first kappa shape index (κ1) is 15.6. The van der Waals surface area contributed by atoms with E-state index in [2.05, 4.69) is 45.0 Å². The third-order valence-electron chi connectivity index (χ3n) is 3.37. The van der Waals surface area contributed by atoms with Gasteiger partial charge in [-0.1, -0.05) is 47.5 Å². The molecule has 0 radical (unpaired) electrons. The summed E-state index contributed by atoms with van der Waals surface area (Å²) in [7, 11) is 0. The van der Waals surface area contributed by atoms with Crippen molar-refractivity contribution in [3.63, 3.8) is 0 Å². The second kappa shape index (κ2) is 6.67. The fourth-order valence-electron chi connectivity index (χ4n) is 1.85. The molecule has 2 nitrogen and oxygen atoms in total. The molecule has 1 aromatic heterocycles. The van der Waals surface area contributed by atoms with Crippen molar-refractivity contribution in [1.29, 1.82) is 0 Å². The minimum Gasteiger partial charge on any atom is -0.392 e. The summed E-state index contributed by atoms with van der Waals surface area (Å²) in [6, 6.07) is 0. The lowest BCUT2D eigenvalue weighted by molar-refractivity contribution is 0.110. The molecular weight excluding hydrogens is 242 g/mol. The molecule has 18 heavy (non-hydrogen) atoms. The molecular formula is C15H27NOS. The van der Waals surface area contributed by atoms with Crippen molar-refractivity contribution >= 4 is 11.3 Å². The lowest BCUT2D eigenvalue weighted by Gasteiger charge is -2.17. The zero-order valence-corrected chi connectivity index (χ0v) is 13.2. The molecule has 0 aromatic carbocycles. The van der Waals surface area contributed by atoms with Crippen LogP contribution in [0.2, 0.25) is 0 Å². The zero-order valence-electron chi connectivity index (χ0n) is 12.4. The van der Waals surface area contributed by atoms with Crippen LogP contribution in [0, 0.1) is 5.92 Å². The molecule has 1 rings (SSSR count). The number of aliphatic hydroxyl groups excluding tert-OH is 1. The molecule has 0 aliphatic carbocycles. The summed E-state index contributed by atoms with van der Waals surface area (Å²) in [5.74, 6) is 0.368. The van der Waals surface area contributed by atoms with Crippen molar-refractivity contribution in [3.8, 4) is 0 Å². The maximum Gasteiger partial charge on any atom is 0.0954 e. The van der Waals surface area contributed by atoms with Gasteiger partial charge in [0.05, 0.1) is 16.8 Å². The van der Waals surface area contributed by atoms with E-state index in [-0.39, 0.29) is 11.5 Å². The van der Waals surface area contributed by atoms with E-state index < -0.39 is 0 Å². The van der Waals surface area contributed by atoms with Gasteiger partial charge < -0.3 is 5.11 Å². The summed E-state index contributed by atoms with van der Waals surface area (Å²) in [5.41, 5.74) is 1.24. The van der Waals surface area contributed by atoms with E-state index in [9.17, 15) is 5.11 Å². The minimum atomic E-state index is -0.254. The summed E-state index contributed by atoms with van der Waals surface area (Å²) in [6.45, 7) is 10.8. The molecule has 2 unspecified atom stereocenters. The van der Waals surface area contributed by atoms with E-state index >= 15 is 0 Å². The van der Waals surface area contributed by atoms with Gasteiger partial charge in [0, 0.05) is 17.2 Å². The van der Waals surface area contributed by atoms with Crippen LogP contribution in [0.15, 0.2) is 5.38 Å². The maximum absolute atomic E-state index is 10.2. The molecule has 0 saturated carbocycles. The predicted octanol–water partition coefficient (Wildman–Crippen LogP) is 4.17. The Bertz CT molecular complexity index is 354. The van der Waals surface area contributed by atoms with Crippen LogP contribution in [0.4, 0.5) is 0 Å². The van der Waals surface area contributed by atoms with Crippen LogP contribution in [0.25, 0.3) is 0 Å². The average Bonchev–Trinajstić information content (AvgIpc) is 2.73. The highest BCUT2D eigenvalue weighted by Gasteiger charge is 2.20. The molecule has 104 valence electrons. The van der Waals surface area contributed by atoms with Gasteiger partial charge in [0.25, 0.3) is 0 Å². The summed E-state index contributed by atoms with van der Waals surface area (Å²) in [6.07, 6.45) is 3.95. The van der Waals surface area contributed by atoms with Crippen LogP contribution in [0.5, 0.6) is 0 Å². The second-order valence-electron chi connectivity index (χ2n) is 6.27. The lowest BCUT2D eigenvalue weighted by atomic mass is 9.93. The first-order valence-corrected chi connectivity index (χ1v) is 7.85. The molecule has 0 aliphatic rings. The number of rotatable bonds is 6. The topological polar surface area (TPSA) is 33.1 Å². The van der Waals surface area contributed by atoms with Crippen LogP contribution in [0.1, 0.15) is 64.6 Å². The number of aromatic nitrogens is 1. The van der Waals surface area contributed by atoms with Crippen molar-refractivity contribution in [2.24, 2.45) is 5.92 Å². The Morgan fingerprint density at radius 2 is 2.06 bits per heavy atom.